The van der Waals surface area contributed by atoms with Crippen LogP contribution in [-0.4, -0.2) is 15.7 Å². The number of rotatable bonds is 4. The molecular weight excluding hydrogens is 432 g/mol. The lowest BCUT2D eigenvalue weighted by atomic mass is 9.80. The van der Waals surface area contributed by atoms with Crippen LogP contribution < -0.4 is 10.6 Å². The smallest absolute Gasteiger partial charge is 0.270 e. The molecule has 0 radical (unpaired) electrons. The first-order valence-electron chi connectivity index (χ1n) is 11.8. The van der Waals surface area contributed by atoms with Gasteiger partial charge in [0.15, 0.2) is 0 Å². The Bertz CT molecular complexity index is 1540. The first kappa shape index (κ1) is 21.1. The summed E-state index contributed by atoms with van der Waals surface area (Å²) in [6.07, 6.45) is 1.63. The number of para-hydroxylation sites is 4. The first-order valence-corrected chi connectivity index (χ1v) is 11.8. The molecule has 0 fully saturated rings. The minimum atomic E-state index is -0.229. The van der Waals surface area contributed by atoms with E-state index in [4.69, 9.17) is 10.1 Å². The highest BCUT2D eigenvalue weighted by Gasteiger charge is 2.31. The van der Waals surface area contributed by atoms with E-state index in [0.717, 1.165) is 46.5 Å². The lowest BCUT2D eigenvalue weighted by molar-refractivity contribution is 0.714. The average Bonchev–Trinajstić information content (AvgIpc) is 2.92. The molecule has 0 aliphatic heterocycles. The first-order chi connectivity index (χ1) is 17.3. The minimum absolute atomic E-state index is 0.160. The lowest BCUT2D eigenvalue weighted by Gasteiger charge is -2.29. The van der Waals surface area contributed by atoms with Crippen LogP contribution in [0.4, 0.5) is 11.4 Å². The minimum Gasteiger partial charge on any atom is -0.319 e. The van der Waals surface area contributed by atoms with Crippen LogP contribution in [0.25, 0.3) is 11.0 Å². The predicted octanol–water partition coefficient (Wildman–Crippen LogP) is 6.20. The number of fused-ring (bicyclic) bond motifs is 2. The van der Waals surface area contributed by atoms with Gasteiger partial charge in [-0.15, -0.1) is 0 Å². The molecule has 1 aliphatic carbocycles. The third-order valence-corrected chi connectivity index (χ3v) is 6.49. The van der Waals surface area contributed by atoms with E-state index in [1.807, 2.05) is 96.0 Å². The molecular formula is C30H24N4O. The highest BCUT2D eigenvalue weighted by atomic mass is 16.1. The third-order valence-electron chi connectivity index (χ3n) is 6.49. The van der Waals surface area contributed by atoms with Crippen molar-refractivity contribution in [1.82, 2.24) is 9.97 Å². The molecule has 0 spiro atoms. The number of anilines is 2. The van der Waals surface area contributed by atoms with Gasteiger partial charge in [0.25, 0.3) is 5.56 Å². The number of hydrazone groups is 1. The standard InChI is InChI=1S/C30H24N4O/c35-30-29(31-26-17-9-10-18-27(26)32-30)25-20-19-21-11-7-8-16-24(21)28(25)33-34(22-12-3-1-4-13-22)23-14-5-2-6-15-23/h1-18,25H,19-20H2,(H,32,35)/b33-28-. The molecule has 1 N–H and O–H groups in total. The maximum Gasteiger partial charge on any atom is 0.270 e. The summed E-state index contributed by atoms with van der Waals surface area (Å²) in [7, 11) is 0. The summed E-state index contributed by atoms with van der Waals surface area (Å²) >= 11 is 0. The van der Waals surface area contributed by atoms with E-state index in [2.05, 4.69) is 23.2 Å². The molecule has 1 heterocycles. The molecule has 35 heavy (non-hydrogen) atoms. The summed E-state index contributed by atoms with van der Waals surface area (Å²) in [6, 6.07) is 36.2. The summed E-state index contributed by atoms with van der Waals surface area (Å²) in [6.45, 7) is 0. The van der Waals surface area contributed by atoms with Crippen molar-refractivity contribution in [2.45, 2.75) is 18.8 Å². The summed E-state index contributed by atoms with van der Waals surface area (Å²) in [5, 5.41) is 7.21. The Morgan fingerprint density at radius 2 is 1.40 bits per heavy atom. The largest absolute Gasteiger partial charge is 0.319 e. The van der Waals surface area contributed by atoms with Crippen molar-refractivity contribution in [2.75, 3.05) is 5.01 Å². The van der Waals surface area contributed by atoms with Crippen molar-refractivity contribution >= 4 is 28.1 Å². The molecule has 6 rings (SSSR count). The Morgan fingerprint density at radius 3 is 2.14 bits per heavy atom. The molecule has 5 aromatic rings. The van der Waals surface area contributed by atoms with Crippen LogP contribution >= 0.6 is 0 Å². The van der Waals surface area contributed by atoms with Crippen LogP contribution in [0, 0.1) is 0 Å². The quantitative estimate of drug-likeness (QED) is 0.328. The molecule has 0 saturated heterocycles. The zero-order valence-electron chi connectivity index (χ0n) is 19.1. The second-order valence-electron chi connectivity index (χ2n) is 8.68. The number of H-pyrrole nitrogens is 1. The molecule has 0 bridgehead atoms. The van der Waals surface area contributed by atoms with Crippen molar-refractivity contribution in [2.24, 2.45) is 5.10 Å². The van der Waals surface area contributed by atoms with Crippen LogP contribution in [0.2, 0.25) is 0 Å². The number of aromatic nitrogens is 2. The molecule has 1 aliphatic rings. The van der Waals surface area contributed by atoms with Gasteiger partial charge in [-0.05, 0) is 54.8 Å². The van der Waals surface area contributed by atoms with Crippen molar-refractivity contribution in [3.63, 3.8) is 0 Å². The number of benzene rings is 4. The van der Waals surface area contributed by atoms with Crippen LogP contribution in [0.15, 0.2) is 119 Å². The number of hydrogen-bond donors (Lipinski definition) is 1. The Kier molecular flexibility index (Phi) is 5.43. The Morgan fingerprint density at radius 1 is 0.771 bits per heavy atom. The molecule has 5 nitrogen and oxygen atoms in total. The Balaban J connectivity index is 1.57. The second kappa shape index (κ2) is 9.03. The molecule has 0 amide bonds. The van der Waals surface area contributed by atoms with Gasteiger partial charge in [-0.2, -0.15) is 5.10 Å². The zero-order chi connectivity index (χ0) is 23.6. The van der Waals surface area contributed by atoms with E-state index < -0.39 is 0 Å². The molecule has 5 heteroatoms. The van der Waals surface area contributed by atoms with Gasteiger partial charge in [-0.1, -0.05) is 72.8 Å². The fourth-order valence-electron chi connectivity index (χ4n) is 4.79. The molecule has 4 aromatic carbocycles. The fraction of sp³-hybridized carbons (Fsp3) is 0.100. The molecule has 170 valence electrons. The van der Waals surface area contributed by atoms with Crippen LogP contribution in [0.5, 0.6) is 0 Å². The second-order valence-corrected chi connectivity index (χ2v) is 8.68. The average molecular weight is 457 g/mol. The Hall–Kier alpha value is -4.51. The van der Waals surface area contributed by atoms with Crippen molar-refractivity contribution in [3.8, 4) is 0 Å². The topological polar surface area (TPSA) is 61.4 Å². The number of aryl methyl sites for hydroxylation is 1. The van der Waals surface area contributed by atoms with Crippen molar-refractivity contribution in [3.05, 3.63) is 136 Å². The highest BCUT2D eigenvalue weighted by molar-refractivity contribution is 6.07. The van der Waals surface area contributed by atoms with Gasteiger partial charge in [0, 0.05) is 5.56 Å². The summed E-state index contributed by atoms with van der Waals surface area (Å²) in [5.41, 5.74) is 6.93. The maximum absolute atomic E-state index is 13.2. The predicted molar refractivity (Wildman–Crippen MR) is 141 cm³/mol. The molecule has 1 unspecified atom stereocenters. The monoisotopic (exact) mass is 456 g/mol. The number of aromatic amines is 1. The van der Waals surface area contributed by atoms with E-state index in [-0.39, 0.29) is 11.5 Å². The summed E-state index contributed by atoms with van der Waals surface area (Å²) in [5.74, 6) is -0.229. The number of nitrogens with zero attached hydrogens (tertiary/aromatic N) is 3. The van der Waals surface area contributed by atoms with Crippen LogP contribution in [0.1, 0.15) is 29.2 Å². The van der Waals surface area contributed by atoms with Gasteiger partial charge in [0.2, 0.25) is 0 Å². The normalized spacial score (nSPS) is 16.2. The van der Waals surface area contributed by atoms with Gasteiger partial charge < -0.3 is 4.98 Å². The van der Waals surface area contributed by atoms with Crippen LogP contribution in [-0.2, 0) is 6.42 Å². The number of nitrogens with one attached hydrogen (secondary N) is 1. The van der Waals surface area contributed by atoms with Gasteiger partial charge in [0.05, 0.1) is 34.0 Å². The van der Waals surface area contributed by atoms with Crippen molar-refractivity contribution < 1.29 is 0 Å². The molecule has 1 aromatic heterocycles. The lowest BCUT2D eigenvalue weighted by Crippen LogP contribution is -2.30. The molecule has 0 saturated carbocycles. The van der Waals surface area contributed by atoms with Crippen LogP contribution in [0.3, 0.4) is 0 Å². The van der Waals surface area contributed by atoms with E-state index in [1.165, 1.54) is 5.56 Å². The van der Waals surface area contributed by atoms with Gasteiger partial charge in [-0.3, -0.25) is 4.79 Å². The van der Waals surface area contributed by atoms with Crippen molar-refractivity contribution in [1.29, 1.82) is 0 Å². The summed E-state index contributed by atoms with van der Waals surface area (Å²) < 4.78 is 0. The highest BCUT2D eigenvalue weighted by Crippen LogP contribution is 2.34. The Labute approximate surface area is 203 Å². The van der Waals surface area contributed by atoms with E-state index in [0.29, 0.717) is 5.69 Å². The SMILES string of the molecule is O=c1[nH]c2ccccc2nc1C1CCc2ccccc2/C1=N/N(c1ccccc1)c1ccccc1. The van der Waals surface area contributed by atoms with Gasteiger partial charge in [-0.25, -0.2) is 9.99 Å². The molecule has 1 atom stereocenters. The number of hydrogen-bond acceptors (Lipinski definition) is 4. The zero-order valence-corrected chi connectivity index (χ0v) is 19.1. The van der Waals surface area contributed by atoms with E-state index in [1.54, 1.807) is 0 Å². The summed E-state index contributed by atoms with van der Waals surface area (Å²) in [4.78, 5) is 21.1. The van der Waals surface area contributed by atoms with Gasteiger partial charge in [0.1, 0.15) is 5.69 Å². The fourth-order valence-corrected chi connectivity index (χ4v) is 4.79. The third kappa shape index (κ3) is 4.02. The maximum atomic E-state index is 13.2. The van der Waals surface area contributed by atoms with Gasteiger partial charge >= 0.3 is 0 Å². The van der Waals surface area contributed by atoms with E-state index in [9.17, 15) is 4.79 Å². The van der Waals surface area contributed by atoms with E-state index >= 15 is 0 Å².